The number of primary sulfonamides is 1. The summed E-state index contributed by atoms with van der Waals surface area (Å²) in [5, 5.41) is 9.28. The Morgan fingerprint density at radius 2 is 1.80 bits per heavy atom. The number of anilines is 2. The summed E-state index contributed by atoms with van der Waals surface area (Å²) >= 11 is 6.86. The van der Waals surface area contributed by atoms with E-state index in [0.717, 1.165) is 34.3 Å². The number of nitrogens with two attached hydrogens (primary N) is 1. The third-order valence-electron chi connectivity index (χ3n) is 4.27. The molecule has 3 rings (SSSR count). The molecule has 0 saturated heterocycles. The predicted molar refractivity (Wildman–Crippen MR) is 122 cm³/mol. The van der Waals surface area contributed by atoms with Crippen LogP contribution in [0.1, 0.15) is 0 Å². The number of benzene rings is 3. The van der Waals surface area contributed by atoms with Gasteiger partial charge in [0.15, 0.2) is 0 Å². The van der Waals surface area contributed by atoms with E-state index in [1.807, 2.05) is 42.5 Å². The van der Waals surface area contributed by atoms with Crippen molar-refractivity contribution in [2.75, 3.05) is 23.0 Å². The van der Waals surface area contributed by atoms with Gasteiger partial charge in [0.25, 0.3) is 5.24 Å². The van der Waals surface area contributed by atoms with E-state index in [2.05, 4.69) is 5.32 Å². The Balaban J connectivity index is 1.64. The largest absolute Gasteiger partial charge is 0.324 e. The zero-order valence-electron chi connectivity index (χ0n) is 15.8. The average molecular weight is 464 g/mol. The fourth-order valence-electron chi connectivity index (χ4n) is 2.78. The van der Waals surface area contributed by atoms with E-state index in [-0.39, 0.29) is 26.6 Å². The number of sulfonamides is 1. The Labute approximate surface area is 183 Å². The number of hydrogen-bond acceptors (Lipinski definition) is 5. The minimum atomic E-state index is -3.90. The third kappa shape index (κ3) is 5.11. The van der Waals surface area contributed by atoms with Crippen LogP contribution in [-0.4, -0.2) is 32.4 Å². The van der Waals surface area contributed by atoms with Crippen molar-refractivity contribution in [3.8, 4) is 0 Å². The van der Waals surface area contributed by atoms with Crippen molar-refractivity contribution < 1.29 is 18.0 Å². The Morgan fingerprint density at radius 3 is 2.50 bits per heavy atom. The predicted octanol–water partition coefficient (Wildman–Crippen LogP) is 4.07. The number of amides is 2. The van der Waals surface area contributed by atoms with Crippen LogP contribution in [0.5, 0.6) is 0 Å². The van der Waals surface area contributed by atoms with Crippen molar-refractivity contribution in [1.29, 1.82) is 0 Å². The summed E-state index contributed by atoms with van der Waals surface area (Å²) < 4.78 is 22.7. The van der Waals surface area contributed by atoms with Gasteiger partial charge in [-0.25, -0.2) is 13.6 Å². The third-order valence-corrected chi connectivity index (χ3v) is 6.42. The molecule has 0 saturated carbocycles. The van der Waals surface area contributed by atoms with Crippen LogP contribution in [0.15, 0.2) is 65.6 Å². The van der Waals surface area contributed by atoms with Gasteiger partial charge in [0, 0.05) is 12.4 Å². The highest BCUT2D eigenvalue weighted by Gasteiger charge is 2.17. The molecule has 0 atom stereocenters. The van der Waals surface area contributed by atoms with E-state index in [9.17, 15) is 18.0 Å². The fourth-order valence-corrected chi connectivity index (χ4v) is 4.23. The molecular formula is C20H18ClN3O4S2. The molecule has 3 aromatic carbocycles. The second-order valence-electron chi connectivity index (χ2n) is 6.35. The summed E-state index contributed by atoms with van der Waals surface area (Å²) in [6, 6.07) is 17.1. The fraction of sp³-hybridized carbons (Fsp3) is 0.100. The smallest absolute Gasteiger partial charge is 0.286 e. The topological polar surface area (TPSA) is 110 Å². The molecule has 2 amide bonds. The molecule has 0 bridgehead atoms. The molecule has 0 aromatic heterocycles. The molecule has 0 radical (unpaired) electrons. The number of nitrogens with one attached hydrogen (secondary N) is 1. The summed E-state index contributed by atoms with van der Waals surface area (Å²) in [5.41, 5.74) is 0.970. The zero-order chi connectivity index (χ0) is 21.9. The van der Waals surface area contributed by atoms with E-state index in [1.165, 1.54) is 17.0 Å². The van der Waals surface area contributed by atoms with Crippen LogP contribution < -0.4 is 15.4 Å². The molecule has 0 fully saturated rings. The lowest BCUT2D eigenvalue weighted by Gasteiger charge is -2.18. The number of nitrogens with zero attached hydrogens (tertiary/aromatic N) is 1. The Bertz CT molecular complexity index is 1230. The van der Waals surface area contributed by atoms with E-state index < -0.39 is 15.9 Å². The van der Waals surface area contributed by atoms with Gasteiger partial charge in [0.1, 0.15) is 0 Å². The first-order valence-electron chi connectivity index (χ1n) is 8.67. The van der Waals surface area contributed by atoms with Gasteiger partial charge in [0.2, 0.25) is 15.9 Å². The highest BCUT2D eigenvalue weighted by atomic mass is 35.5. The van der Waals surface area contributed by atoms with Crippen LogP contribution in [0.2, 0.25) is 5.02 Å². The van der Waals surface area contributed by atoms with Crippen LogP contribution in [0.4, 0.5) is 16.2 Å². The molecule has 156 valence electrons. The number of halogens is 1. The monoisotopic (exact) mass is 463 g/mol. The minimum absolute atomic E-state index is 0.0269. The quantitative estimate of drug-likeness (QED) is 0.592. The lowest BCUT2D eigenvalue weighted by atomic mass is 10.1. The number of fused-ring (bicyclic) bond motifs is 1. The molecule has 0 spiro atoms. The van der Waals surface area contributed by atoms with Crippen molar-refractivity contribution in [3.05, 3.63) is 65.7 Å². The highest BCUT2D eigenvalue weighted by Crippen LogP contribution is 2.28. The minimum Gasteiger partial charge on any atom is -0.324 e. The van der Waals surface area contributed by atoms with E-state index in [4.69, 9.17) is 16.7 Å². The van der Waals surface area contributed by atoms with Crippen LogP contribution in [-0.2, 0) is 14.8 Å². The second kappa shape index (κ2) is 9.05. The first kappa shape index (κ1) is 22.1. The lowest BCUT2D eigenvalue weighted by molar-refractivity contribution is -0.113. The Morgan fingerprint density at radius 1 is 1.10 bits per heavy atom. The number of thioether (sulfide) groups is 1. The maximum atomic E-state index is 12.6. The normalized spacial score (nSPS) is 11.3. The summed E-state index contributed by atoms with van der Waals surface area (Å²) in [6.45, 7) is 0. The van der Waals surface area contributed by atoms with Crippen molar-refractivity contribution in [1.82, 2.24) is 0 Å². The van der Waals surface area contributed by atoms with Crippen LogP contribution in [0.3, 0.4) is 0 Å². The van der Waals surface area contributed by atoms with Crippen molar-refractivity contribution >= 4 is 66.7 Å². The van der Waals surface area contributed by atoms with Gasteiger partial charge >= 0.3 is 0 Å². The molecule has 7 nitrogen and oxygen atoms in total. The lowest BCUT2D eigenvalue weighted by Crippen LogP contribution is -2.24. The van der Waals surface area contributed by atoms with E-state index in [0.29, 0.717) is 0 Å². The number of carbonyl (C=O) groups is 2. The van der Waals surface area contributed by atoms with Gasteiger partial charge in [0.05, 0.1) is 27.0 Å². The Hall–Kier alpha value is -2.59. The average Bonchev–Trinajstić information content (AvgIpc) is 2.71. The molecule has 0 aliphatic rings. The molecule has 3 N–H and O–H groups in total. The van der Waals surface area contributed by atoms with Crippen molar-refractivity contribution in [2.24, 2.45) is 5.14 Å². The molecule has 3 aromatic rings. The Kier molecular flexibility index (Phi) is 6.67. The van der Waals surface area contributed by atoms with Gasteiger partial charge in [-0.1, -0.05) is 59.8 Å². The maximum absolute atomic E-state index is 12.6. The van der Waals surface area contributed by atoms with Crippen LogP contribution in [0, 0.1) is 0 Å². The first-order valence-corrected chi connectivity index (χ1v) is 11.6. The van der Waals surface area contributed by atoms with Gasteiger partial charge in [-0.2, -0.15) is 0 Å². The number of hydrogen-bond donors (Lipinski definition) is 2. The van der Waals surface area contributed by atoms with E-state index in [1.54, 1.807) is 7.05 Å². The molecule has 0 unspecified atom stereocenters. The van der Waals surface area contributed by atoms with Crippen molar-refractivity contribution in [3.63, 3.8) is 0 Å². The van der Waals surface area contributed by atoms with Gasteiger partial charge < -0.3 is 10.2 Å². The maximum Gasteiger partial charge on any atom is 0.286 e. The molecule has 0 aliphatic heterocycles. The van der Waals surface area contributed by atoms with Crippen molar-refractivity contribution in [2.45, 2.75) is 4.90 Å². The summed E-state index contributed by atoms with van der Waals surface area (Å²) in [4.78, 5) is 26.1. The molecule has 30 heavy (non-hydrogen) atoms. The van der Waals surface area contributed by atoms with Crippen LogP contribution >= 0.6 is 23.4 Å². The van der Waals surface area contributed by atoms with E-state index >= 15 is 0 Å². The second-order valence-corrected chi connectivity index (χ2v) is 9.24. The summed E-state index contributed by atoms with van der Waals surface area (Å²) in [7, 11) is -2.24. The molecular weight excluding hydrogens is 446 g/mol. The van der Waals surface area contributed by atoms with Gasteiger partial charge in [-0.15, -0.1) is 0 Å². The zero-order valence-corrected chi connectivity index (χ0v) is 18.2. The number of rotatable bonds is 5. The first-order chi connectivity index (χ1) is 14.2. The van der Waals surface area contributed by atoms with Gasteiger partial charge in [-0.3, -0.25) is 9.59 Å². The SMILES string of the molecule is CN(C(=O)SCC(=O)Nc1ccc(S(N)(=O)=O)cc1Cl)c1cccc2ccccc12. The molecule has 0 aliphatic carbocycles. The molecule has 10 heteroatoms. The molecule has 0 heterocycles. The summed E-state index contributed by atoms with van der Waals surface area (Å²) in [5.74, 6) is -0.591. The number of carbonyl (C=O) groups excluding carboxylic acids is 2. The standard InChI is InChI=1S/C20H18ClN3O4S2/c1-24(18-8-4-6-13-5-2-3-7-15(13)18)20(26)29-12-19(25)23-17-10-9-14(11-16(17)21)30(22,27)28/h2-11H,12H2,1H3,(H,23,25)(H2,22,27,28). The van der Waals surface area contributed by atoms with Gasteiger partial charge in [-0.05, 0) is 29.7 Å². The summed E-state index contributed by atoms with van der Waals surface area (Å²) in [6.07, 6.45) is 0. The van der Waals surface area contributed by atoms with Crippen LogP contribution in [0.25, 0.3) is 10.8 Å². The highest BCUT2D eigenvalue weighted by molar-refractivity contribution is 8.14.